The van der Waals surface area contributed by atoms with Gasteiger partial charge >= 0.3 is 0 Å². The van der Waals surface area contributed by atoms with Gasteiger partial charge in [-0.25, -0.2) is 4.39 Å². The van der Waals surface area contributed by atoms with Crippen molar-refractivity contribution in [3.05, 3.63) is 34.6 Å². The van der Waals surface area contributed by atoms with Crippen molar-refractivity contribution in [3.8, 4) is 0 Å². The van der Waals surface area contributed by atoms with Crippen LogP contribution >= 0.6 is 11.6 Å². The Balaban J connectivity index is 2.19. The van der Waals surface area contributed by atoms with Crippen LogP contribution in [0.4, 0.5) is 4.39 Å². The average Bonchev–Trinajstić information content (AvgIpc) is 2.47. The van der Waals surface area contributed by atoms with Crippen molar-refractivity contribution in [3.63, 3.8) is 0 Å². The molecule has 1 saturated carbocycles. The van der Waals surface area contributed by atoms with E-state index in [1.165, 1.54) is 0 Å². The summed E-state index contributed by atoms with van der Waals surface area (Å²) in [4.78, 5) is 12.1. The predicted octanol–water partition coefficient (Wildman–Crippen LogP) is -1.60. The van der Waals surface area contributed by atoms with Crippen LogP contribution in [0.2, 0.25) is 5.02 Å². The highest BCUT2D eigenvalue weighted by Gasteiger charge is 2.48. The largest absolute Gasteiger partial charge is 0.388 e. The molecule has 22 heavy (non-hydrogen) atoms. The normalized spacial score (nSPS) is 35.2. The number of hydrogen-bond acceptors (Lipinski definition) is 6. The number of hydrogen-bond donors (Lipinski definition) is 6. The number of benzene rings is 1. The molecule has 0 radical (unpaired) electrons. The molecule has 0 aliphatic heterocycles. The van der Waals surface area contributed by atoms with Gasteiger partial charge in [0.15, 0.2) is 0 Å². The third-order valence-electron chi connectivity index (χ3n) is 3.61. The SMILES string of the molecule is O=C(NC1[C@H](O)[C@H](O)C(O)[C@H](O)[C@H]1O)c1ccc(F)cc1Cl. The summed E-state index contributed by atoms with van der Waals surface area (Å²) in [5.74, 6) is -1.49. The fourth-order valence-corrected chi connectivity index (χ4v) is 2.56. The number of carbonyl (C=O) groups excluding carboxylic acids is 1. The molecule has 0 aromatic heterocycles. The Morgan fingerprint density at radius 2 is 1.50 bits per heavy atom. The van der Waals surface area contributed by atoms with Crippen LogP contribution in [0.3, 0.4) is 0 Å². The second-order valence-corrected chi connectivity index (χ2v) is 5.48. The van der Waals surface area contributed by atoms with Crippen molar-refractivity contribution >= 4 is 17.5 Å². The highest BCUT2D eigenvalue weighted by atomic mass is 35.5. The lowest BCUT2D eigenvalue weighted by atomic mass is 9.83. The zero-order valence-corrected chi connectivity index (χ0v) is 11.9. The number of aliphatic hydroxyl groups is 5. The van der Waals surface area contributed by atoms with E-state index >= 15 is 0 Å². The lowest BCUT2D eigenvalue weighted by molar-refractivity contribution is -0.188. The molecule has 6 atom stereocenters. The van der Waals surface area contributed by atoms with Crippen LogP contribution in [0, 0.1) is 5.82 Å². The van der Waals surface area contributed by atoms with Gasteiger partial charge in [0.05, 0.1) is 16.6 Å². The number of rotatable bonds is 2. The second kappa shape index (κ2) is 6.45. The molecular weight excluding hydrogens is 321 g/mol. The fourth-order valence-electron chi connectivity index (χ4n) is 2.31. The summed E-state index contributed by atoms with van der Waals surface area (Å²) < 4.78 is 12.9. The first-order chi connectivity index (χ1) is 10.2. The van der Waals surface area contributed by atoms with Gasteiger partial charge in [0.2, 0.25) is 0 Å². The Hall–Kier alpha value is -1.29. The van der Waals surface area contributed by atoms with Gasteiger partial charge in [0, 0.05) is 0 Å². The zero-order chi connectivity index (χ0) is 16.6. The van der Waals surface area contributed by atoms with Crippen molar-refractivity contribution in [2.75, 3.05) is 0 Å². The quantitative estimate of drug-likeness (QED) is 0.386. The molecule has 1 fully saturated rings. The van der Waals surface area contributed by atoms with Crippen molar-refractivity contribution in [2.45, 2.75) is 36.6 Å². The molecule has 1 amide bonds. The van der Waals surface area contributed by atoms with Gasteiger partial charge in [-0.1, -0.05) is 11.6 Å². The molecule has 0 spiro atoms. The van der Waals surface area contributed by atoms with Crippen LogP contribution in [0.25, 0.3) is 0 Å². The molecule has 2 rings (SSSR count). The topological polar surface area (TPSA) is 130 Å². The van der Waals surface area contributed by atoms with Crippen molar-refractivity contribution in [2.24, 2.45) is 0 Å². The van der Waals surface area contributed by atoms with Crippen molar-refractivity contribution in [1.82, 2.24) is 5.32 Å². The third-order valence-corrected chi connectivity index (χ3v) is 3.92. The molecule has 0 heterocycles. The minimum absolute atomic E-state index is 0.113. The first kappa shape index (κ1) is 17.1. The predicted molar refractivity (Wildman–Crippen MR) is 72.7 cm³/mol. The summed E-state index contributed by atoms with van der Waals surface area (Å²) in [6.07, 6.45) is -8.69. The fraction of sp³-hybridized carbons (Fsp3) is 0.462. The van der Waals surface area contributed by atoms with Gasteiger partial charge in [0.25, 0.3) is 5.91 Å². The summed E-state index contributed by atoms with van der Waals surface area (Å²) in [6, 6.07) is 1.58. The van der Waals surface area contributed by atoms with Crippen LogP contribution in [-0.4, -0.2) is 68.0 Å². The van der Waals surface area contributed by atoms with Gasteiger partial charge in [0.1, 0.15) is 36.3 Å². The number of nitrogens with one attached hydrogen (secondary N) is 1. The van der Waals surface area contributed by atoms with Gasteiger partial charge in [-0.05, 0) is 18.2 Å². The van der Waals surface area contributed by atoms with Crippen LogP contribution in [0.15, 0.2) is 18.2 Å². The molecule has 122 valence electrons. The monoisotopic (exact) mass is 335 g/mol. The first-order valence-corrected chi connectivity index (χ1v) is 6.78. The summed E-state index contributed by atoms with van der Waals surface area (Å²) in [7, 11) is 0. The van der Waals surface area contributed by atoms with Gasteiger partial charge in [-0.15, -0.1) is 0 Å². The third kappa shape index (κ3) is 3.07. The first-order valence-electron chi connectivity index (χ1n) is 6.40. The zero-order valence-electron chi connectivity index (χ0n) is 11.1. The Labute approximate surface area is 129 Å². The van der Waals surface area contributed by atoms with E-state index in [2.05, 4.69) is 5.32 Å². The lowest BCUT2D eigenvalue weighted by Crippen LogP contribution is -2.68. The number of aliphatic hydroxyl groups excluding tert-OH is 5. The van der Waals surface area contributed by atoms with Crippen LogP contribution in [-0.2, 0) is 0 Å². The van der Waals surface area contributed by atoms with Gasteiger partial charge in [-0.2, -0.15) is 0 Å². The Morgan fingerprint density at radius 3 is 2.00 bits per heavy atom. The van der Waals surface area contributed by atoms with E-state index < -0.39 is 48.3 Å². The van der Waals surface area contributed by atoms with E-state index in [1.54, 1.807) is 0 Å². The van der Waals surface area contributed by atoms with Crippen LogP contribution < -0.4 is 5.32 Å². The molecule has 6 N–H and O–H groups in total. The second-order valence-electron chi connectivity index (χ2n) is 5.08. The number of halogens is 2. The molecule has 1 aromatic rings. The summed E-state index contributed by atoms with van der Waals surface area (Å²) >= 11 is 5.73. The van der Waals surface area contributed by atoms with E-state index in [4.69, 9.17) is 11.6 Å². The molecular formula is C13H15ClFNO6. The Bertz CT molecular complexity index is 557. The van der Waals surface area contributed by atoms with Gasteiger partial charge in [-0.3, -0.25) is 4.79 Å². The maximum Gasteiger partial charge on any atom is 0.253 e. The van der Waals surface area contributed by atoms with Crippen LogP contribution in [0.1, 0.15) is 10.4 Å². The van der Waals surface area contributed by atoms with E-state index in [9.17, 15) is 34.7 Å². The average molecular weight is 336 g/mol. The lowest BCUT2D eigenvalue weighted by Gasteiger charge is -2.42. The molecule has 1 aliphatic carbocycles. The van der Waals surface area contributed by atoms with E-state index in [0.29, 0.717) is 0 Å². The minimum atomic E-state index is -1.76. The molecule has 2 unspecified atom stereocenters. The molecule has 0 saturated heterocycles. The smallest absolute Gasteiger partial charge is 0.253 e. The molecule has 7 nitrogen and oxygen atoms in total. The van der Waals surface area contributed by atoms with Crippen LogP contribution in [0.5, 0.6) is 0 Å². The van der Waals surface area contributed by atoms with Gasteiger partial charge < -0.3 is 30.8 Å². The number of carbonyl (C=O) groups is 1. The highest BCUT2D eigenvalue weighted by Crippen LogP contribution is 2.23. The van der Waals surface area contributed by atoms with E-state index in [1.807, 2.05) is 0 Å². The molecule has 1 aromatic carbocycles. The van der Waals surface area contributed by atoms with Crippen molar-refractivity contribution in [1.29, 1.82) is 0 Å². The summed E-state index contributed by atoms with van der Waals surface area (Å²) in [5.41, 5.74) is -0.113. The number of amides is 1. The highest BCUT2D eigenvalue weighted by molar-refractivity contribution is 6.33. The standard InChI is InChI=1S/C13H15ClFNO6/c14-6-3-4(15)1-2-5(6)13(22)16-7-8(17)10(19)12(21)11(20)9(7)18/h1-3,7-12,17-21H,(H,16,22)/t7?,8-,9-,10-,11+,12?/m0/s1. The Morgan fingerprint density at radius 1 is 1.00 bits per heavy atom. The Kier molecular flexibility index (Phi) is 5.00. The summed E-state index contributed by atoms with van der Waals surface area (Å²) in [6.45, 7) is 0. The molecule has 9 heteroatoms. The van der Waals surface area contributed by atoms with E-state index in [-0.39, 0.29) is 10.6 Å². The van der Waals surface area contributed by atoms with Crippen molar-refractivity contribution < 1.29 is 34.7 Å². The van der Waals surface area contributed by atoms with E-state index in [0.717, 1.165) is 18.2 Å². The maximum absolute atomic E-state index is 12.9. The minimum Gasteiger partial charge on any atom is -0.388 e. The summed E-state index contributed by atoms with van der Waals surface area (Å²) in [5, 5.41) is 50.2. The molecule has 0 bridgehead atoms. The molecule has 1 aliphatic rings. The maximum atomic E-state index is 12.9.